The van der Waals surface area contributed by atoms with Crippen molar-refractivity contribution in [1.82, 2.24) is 5.32 Å². The van der Waals surface area contributed by atoms with Gasteiger partial charge in [-0.05, 0) is 37.3 Å². The predicted octanol–water partition coefficient (Wildman–Crippen LogP) is 4.25. The van der Waals surface area contributed by atoms with Crippen LogP contribution >= 0.6 is 0 Å². The molecule has 0 amide bonds. The van der Waals surface area contributed by atoms with Gasteiger partial charge in [-0.25, -0.2) is 0 Å². The van der Waals surface area contributed by atoms with Gasteiger partial charge in [0.2, 0.25) is 0 Å². The summed E-state index contributed by atoms with van der Waals surface area (Å²) >= 11 is 0. The molecule has 1 aliphatic carbocycles. The van der Waals surface area contributed by atoms with Crippen molar-refractivity contribution in [1.29, 1.82) is 0 Å². The van der Waals surface area contributed by atoms with Gasteiger partial charge in [-0.15, -0.1) is 0 Å². The molecule has 2 nitrogen and oxygen atoms in total. The molecule has 0 heterocycles. The van der Waals surface area contributed by atoms with E-state index < -0.39 is 0 Å². The van der Waals surface area contributed by atoms with Crippen LogP contribution in [-0.4, -0.2) is 19.3 Å². The summed E-state index contributed by atoms with van der Waals surface area (Å²) in [7, 11) is 0. The highest BCUT2D eigenvalue weighted by Crippen LogP contribution is 2.20. The number of hydrogen-bond acceptors (Lipinski definition) is 2. The van der Waals surface area contributed by atoms with Gasteiger partial charge in [0.25, 0.3) is 0 Å². The number of hydrogen-bond donors (Lipinski definition) is 1. The van der Waals surface area contributed by atoms with Gasteiger partial charge in [0.05, 0.1) is 12.7 Å². The lowest BCUT2D eigenvalue weighted by molar-refractivity contribution is 0.0593. The number of nitrogens with one attached hydrogen (secondary N) is 1. The van der Waals surface area contributed by atoms with Crippen LogP contribution in [0.15, 0.2) is 24.3 Å². The summed E-state index contributed by atoms with van der Waals surface area (Å²) in [4.78, 5) is 0. The first kappa shape index (κ1) is 15.5. The van der Waals surface area contributed by atoms with Crippen molar-refractivity contribution in [2.75, 3.05) is 13.2 Å². The highest BCUT2D eigenvalue weighted by atomic mass is 16.5. The van der Waals surface area contributed by atoms with Crippen LogP contribution in [0.2, 0.25) is 0 Å². The van der Waals surface area contributed by atoms with E-state index in [2.05, 4.69) is 43.4 Å². The molecule has 0 radical (unpaired) electrons. The number of rotatable bonds is 8. The molecule has 1 N–H and O–H groups in total. The summed E-state index contributed by atoms with van der Waals surface area (Å²) in [6.45, 7) is 6.23. The highest BCUT2D eigenvalue weighted by Gasteiger charge is 2.14. The Morgan fingerprint density at radius 2 is 1.90 bits per heavy atom. The minimum Gasteiger partial charge on any atom is -0.377 e. The Hall–Kier alpha value is -0.860. The first-order chi connectivity index (χ1) is 9.79. The highest BCUT2D eigenvalue weighted by molar-refractivity contribution is 5.24. The molecule has 0 aromatic heterocycles. The normalized spacial score (nSPS) is 17.5. The molecule has 112 valence electrons. The van der Waals surface area contributed by atoms with E-state index in [1.807, 2.05) is 0 Å². The van der Waals surface area contributed by atoms with Crippen LogP contribution < -0.4 is 5.32 Å². The maximum absolute atomic E-state index is 5.88. The summed E-state index contributed by atoms with van der Waals surface area (Å²) in [5.41, 5.74) is 2.80. The van der Waals surface area contributed by atoms with Crippen LogP contribution in [0.3, 0.4) is 0 Å². The fourth-order valence-electron chi connectivity index (χ4n) is 2.94. The van der Waals surface area contributed by atoms with Gasteiger partial charge in [0.15, 0.2) is 0 Å². The van der Waals surface area contributed by atoms with Crippen molar-refractivity contribution >= 4 is 0 Å². The third kappa shape index (κ3) is 4.92. The molecule has 1 unspecified atom stereocenters. The molecule has 0 spiro atoms. The van der Waals surface area contributed by atoms with Gasteiger partial charge < -0.3 is 10.1 Å². The molecule has 2 heteroatoms. The second kappa shape index (κ2) is 8.43. The molecule has 0 bridgehead atoms. The second-order valence-electron chi connectivity index (χ2n) is 5.94. The Morgan fingerprint density at radius 1 is 1.20 bits per heavy atom. The topological polar surface area (TPSA) is 21.3 Å². The molecular formula is C18H29NO. The van der Waals surface area contributed by atoms with E-state index in [9.17, 15) is 0 Å². The standard InChI is InChI=1S/C18H29NO/c1-3-6-16-9-11-17(12-10-16)15(2)19-13-14-20-18-7-4-5-8-18/h9-12,15,18-19H,3-8,13-14H2,1-2H3. The first-order valence-corrected chi connectivity index (χ1v) is 8.23. The Labute approximate surface area is 123 Å². The molecule has 1 atom stereocenters. The Morgan fingerprint density at radius 3 is 2.55 bits per heavy atom. The van der Waals surface area contributed by atoms with Crippen molar-refractivity contribution in [3.63, 3.8) is 0 Å². The molecule has 1 fully saturated rings. The van der Waals surface area contributed by atoms with E-state index in [0.29, 0.717) is 12.1 Å². The summed E-state index contributed by atoms with van der Waals surface area (Å²) < 4.78 is 5.88. The lowest BCUT2D eigenvalue weighted by Gasteiger charge is -2.16. The summed E-state index contributed by atoms with van der Waals surface area (Å²) in [6, 6.07) is 9.41. The third-order valence-electron chi connectivity index (χ3n) is 4.23. The van der Waals surface area contributed by atoms with Crippen molar-refractivity contribution in [3.05, 3.63) is 35.4 Å². The van der Waals surface area contributed by atoms with Crippen LogP contribution in [0.4, 0.5) is 0 Å². The summed E-state index contributed by atoms with van der Waals surface area (Å²) in [5.74, 6) is 0. The molecule has 1 aromatic carbocycles. The Bertz CT molecular complexity index is 368. The van der Waals surface area contributed by atoms with Gasteiger partial charge >= 0.3 is 0 Å². The molecule has 0 saturated heterocycles. The van der Waals surface area contributed by atoms with Crippen molar-refractivity contribution in [2.24, 2.45) is 0 Å². The minimum absolute atomic E-state index is 0.401. The van der Waals surface area contributed by atoms with Gasteiger partial charge in [-0.1, -0.05) is 50.5 Å². The van der Waals surface area contributed by atoms with Gasteiger partial charge in [-0.3, -0.25) is 0 Å². The van der Waals surface area contributed by atoms with Crippen LogP contribution in [-0.2, 0) is 11.2 Å². The number of aryl methyl sites for hydroxylation is 1. The van der Waals surface area contributed by atoms with Gasteiger partial charge in [0.1, 0.15) is 0 Å². The molecular weight excluding hydrogens is 246 g/mol. The fourth-order valence-corrected chi connectivity index (χ4v) is 2.94. The number of ether oxygens (including phenoxy) is 1. The average molecular weight is 275 g/mol. The second-order valence-corrected chi connectivity index (χ2v) is 5.94. The zero-order valence-electron chi connectivity index (χ0n) is 13.0. The van der Waals surface area contributed by atoms with Crippen molar-refractivity contribution < 1.29 is 4.74 Å². The molecule has 1 aromatic rings. The van der Waals surface area contributed by atoms with E-state index in [1.54, 1.807) is 0 Å². The van der Waals surface area contributed by atoms with Crippen molar-refractivity contribution in [2.45, 2.75) is 64.5 Å². The summed E-state index contributed by atoms with van der Waals surface area (Å²) in [6.07, 6.45) is 8.13. The van der Waals surface area contributed by atoms with Gasteiger partial charge in [0, 0.05) is 12.6 Å². The molecule has 1 aliphatic rings. The van der Waals surface area contributed by atoms with Crippen LogP contribution in [0.1, 0.15) is 63.1 Å². The lowest BCUT2D eigenvalue weighted by atomic mass is 10.0. The van der Waals surface area contributed by atoms with Gasteiger partial charge in [-0.2, -0.15) is 0 Å². The largest absolute Gasteiger partial charge is 0.377 e. The molecule has 20 heavy (non-hydrogen) atoms. The first-order valence-electron chi connectivity index (χ1n) is 8.23. The van der Waals surface area contributed by atoms with Crippen LogP contribution in [0, 0.1) is 0 Å². The molecule has 1 saturated carbocycles. The van der Waals surface area contributed by atoms with E-state index >= 15 is 0 Å². The van der Waals surface area contributed by atoms with E-state index in [4.69, 9.17) is 4.74 Å². The average Bonchev–Trinajstić information content (AvgIpc) is 2.98. The van der Waals surface area contributed by atoms with Crippen LogP contribution in [0.5, 0.6) is 0 Å². The van der Waals surface area contributed by atoms with E-state index in [-0.39, 0.29) is 0 Å². The maximum atomic E-state index is 5.88. The smallest absolute Gasteiger partial charge is 0.0594 e. The zero-order chi connectivity index (χ0) is 14.2. The summed E-state index contributed by atoms with van der Waals surface area (Å²) in [5, 5.41) is 3.55. The zero-order valence-corrected chi connectivity index (χ0v) is 13.0. The molecule has 0 aliphatic heterocycles. The number of benzene rings is 1. The van der Waals surface area contributed by atoms with Crippen LogP contribution in [0.25, 0.3) is 0 Å². The van der Waals surface area contributed by atoms with Crippen molar-refractivity contribution in [3.8, 4) is 0 Å². The Kier molecular flexibility index (Phi) is 6.55. The monoisotopic (exact) mass is 275 g/mol. The SMILES string of the molecule is CCCc1ccc(C(C)NCCOC2CCCC2)cc1. The quantitative estimate of drug-likeness (QED) is 0.716. The third-order valence-corrected chi connectivity index (χ3v) is 4.23. The Balaban J connectivity index is 1.66. The predicted molar refractivity (Wildman–Crippen MR) is 85.1 cm³/mol. The minimum atomic E-state index is 0.401. The van der Waals surface area contributed by atoms with E-state index in [0.717, 1.165) is 13.2 Å². The van der Waals surface area contributed by atoms with E-state index in [1.165, 1.54) is 49.7 Å². The lowest BCUT2D eigenvalue weighted by Crippen LogP contribution is -2.25. The fraction of sp³-hybridized carbons (Fsp3) is 0.667. The molecule has 2 rings (SSSR count). The maximum Gasteiger partial charge on any atom is 0.0594 e.